The summed E-state index contributed by atoms with van der Waals surface area (Å²) in [5.74, 6) is 0.506. The molecule has 0 spiro atoms. The van der Waals surface area contributed by atoms with Gasteiger partial charge in [-0.15, -0.1) is 11.3 Å². The zero-order chi connectivity index (χ0) is 15.2. The molecule has 1 atom stereocenters. The van der Waals surface area contributed by atoms with Crippen molar-refractivity contribution in [2.24, 2.45) is 5.92 Å². The van der Waals surface area contributed by atoms with Gasteiger partial charge in [0, 0.05) is 23.9 Å². The highest BCUT2D eigenvalue weighted by molar-refractivity contribution is 7.10. The van der Waals surface area contributed by atoms with Crippen molar-refractivity contribution >= 4 is 17.2 Å². The first-order valence-electron chi connectivity index (χ1n) is 7.69. The maximum atomic E-state index is 12.8. The zero-order valence-corrected chi connectivity index (χ0v) is 14.2. The van der Waals surface area contributed by atoms with Gasteiger partial charge in [0.2, 0.25) is 5.91 Å². The molecular formula is C17H26N2OS. The minimum atomic E-state index is 0.178. The maximum absolute atomic E-state index is 12.8. The highest BCUT2D eigenvalue weighted by Gasteiger charge is 2.25. The molecular weight excluding hydrogens is 280 g/mol. The number of nitrogens with zero attached hydrogens (tertiary/aromatic N) is 2. The minimum absolute atomic E-state index is 0.178. The Morgan fingerprint density at radius 2 is 2.14 bits per heavy atom. The van der Waals surface area contributed by atoms with Crippen LogP contribution in [-0.4, -0.2) is 42.9 Å². The molecule has 21 heavy (non-hydrogen) atoms. The third-order valence-corrected chi connectivity index (χ3v) is 5.06. The third kappa shape index (κ3) is 4.68. The van der Waals surface area contributed by atoms with Crippen molar-refractivity contribution in [2.75, 3.05) is 27.2 Å². The lowest BCUT2D eigenvalue weighted by Gasteiger charge is -2.29. The quantitative estimate of drug-likeness (QED) is 0.753. The van der Waals surface area contributed by atoms with E-state index in [-0.39, 0.29) is 5.92 Å². The monoisotopic (exact) mass is 306 g/mol. The lowest BCUT2D eigenvalue weighted by atomic mass is 9.93. The fourth-order valence-corrected chi connectivity index (χ4v) is 3.52. The number of likely N-dealkylation sites (N-methyl/N-ethyl adjacent to an activating group) is 1. The van der Waals surface area contributed by atoms with E-state index < -0.39 is 0 Å². The predicted octanol–water partition coefficient (Wildman–Crippen LogP) is 3.30. The summed E-state index contributed by atoms with van der Waals surface area (Å²) in [4.78, 5) is 18.3. The summed E-state index contributed by atoms with van der Waals surface area (Å²) in [6.45, 7) is 4.61. The van der Waals surface area contributed by atoms with Crippen molar-refractivity contribution < 1.29 is 4.79 Å². The molecule has 0 saturated carbocycles. The van der Waals surface area contributed by atoms with Gasteiger partial charge in [-0.05, 0) is 57.3 Å². The summed E-state index contributed by atoms with van der Waals surface area (Å²) in [5.41, 5.74) is 1.30. The molecule has 1 unspecified atom stereocenters. The maximum Gasteiger partial charge on any atom is 0.226 e. The average molecular weight is 306 g/mol. The van der Waals surface area contributed by atoms with E-state index in [1.54, 1.807) is 11.3 Å². The molecule has 0 radical (unpaired) electrons. The van der Waals surface area contributed by atoms with E-state index in [9.17, 15) is 4.79 Å². The lowest BCUT2D eigenvalue weighted by Crippen LogP contribution is -2.40. The summed E-state index contributed by atoms with van der Waals surface area (Å²) in [7, 11) is 4.12. The molecule has 1 aromatic rings. The van der Waals surface area contributed by atoms with E-state index in [1.165, 1.54) is 10.4 Å². The Hall–Kier alpha value is -1.13. The number of hydrogen-bond donors (Lipinski definition) is 0. The first kappa shape index (κ1) is 16.2. The van der Waals surface area contributed by atoms with Crippen molar-refractivity contribution in [3.63, 3.8) is 0 Å². The molecule has 0 N–H and O–H groups in total. The van der Waals surface area contributed by atoms with Crippen LogP contribution >= 0.6 is 11.3 Å². The molecule has 1 aliphatic rings. The second-order valence-corrected chi connectivity index (χ2v) is 7.07. The van der Waals surface area contributed by atoms with E-state index in [2.05, 4.69) is 54.4 Å². The van der Waals surface area contributed by atoms with Crippen molar-refractivity contribution in [3.05, 3.63) is 34.0 Å². The van der Waals surface area contributed by atoms with Gasteiger partial charge in [-0.3, -0.25) is 4.79 Å². The number of aryl methyl sites for hydroxylation is 1. The fraction of sp³-hybridized carbons (Fsp3) is 0.588. The molecule has 2 rings (SSSR count). The number of carbonyl (C=O) groups excluding carboxylic acids is 1. The van der Waals surface area contributed by atoms with Crippen LogP contribution in [0.1, 0.15) is 29.7 Å². The molecule has 116 valence electrons. The van der Waals surface area contributed by atoms with Crippen LogP contribution in [0.2, 0.25) is 0 Å². The van der Waals surface area contributed by atoms with Gasteiger partial charge in [0.25, 0.3) is 0 Å². The smallest absolute Gasteiger partial charge is 0.226 e. The topological polar surface area (TPSA) is 23.6 Å². The SMILES string of the molecule is Cc1ccsc1CN(CCN(C)C)C(=O)C1CC=CCC1. The average Bonchev–Trinajstić information content (AvgIpc) is 2.88. The van der Waals surface area contributed by atoms with Crippen molar-refractivity contribution in [1.82, 2.24) is 9.80 Å². The van der Waals surface area contributed by atoms with Crippen LogP contribution in [0.3, 0.4) is 0 Å². The van der Waals surface area contributed by atoms with Crippen LogP contribution in [0.25, 0.3) is 0 Å². The summed E-state index contributed by atoms with van der Waals surface area (Å²) < 4.78 is 0. The van der Waals surface area contributed by atoms with Gasteiger partial charge < -0.3 is 9.80 Å². The highest BCUT2D eigenvalue weighted by Crippen LogP contribution is 2.23. The summed E-state index contributed by atoms with van der Waals surface area (Å²) >= 11 is 1.75. The van der Waals surface area contributed by atoms with Crippen LogP contribution in [0, 0.1) is 12.8 Å². The molecule has 0 aliphatic heterocycles. The van der Waals surface area contributed by atoms with E-state index in [0.29, 0.717) is 5.91 Å². The third-order valence-electron chi connectivity index (χ3n) is 4.05. The van der Waals surface area contributed by atoms with Gasteiger partial charge in [-0.25, -0.2) is 0 Å². The zero-order valence-electron chi connectivity index (χ0n) is 13.3. The first-order chi connectivity index (χ1) is 10.1. The fourth-order valence-electron chi connectivity index (χ4n) is 2.60. The van der Waals surface area contributed by atoms with Gasteiger partial charge in [0.1, 0.15) is 0 Å². The van der Waals surface area contributed by atoms with Crippen LogP contribution in [-0.2, 0) is 11.3 Å². The number of thiophene rings is 1. The highest BCUT2D eigenvalue weighted by atomic mass is 32.1. The lowest BCUT2D eigenvalue weighted by molar-refractivity contribution is -0.136. The van der Waals surface area contributed by atoms with Crippen molar-refractivity contribution in [3.8, 4) is 0 Å². The second-order valence-electron chi connectivity index (χ2n) is 6.07. The van der Waals surface area contributed by atoms with Crippen molar-refractivity contribution in [2.45, 2.75) is 32.7 Å². The number of hydrogen-bond acceptors (Lipinski definition) is 3. The van der Waals surface area contributed by atoms with E-state index in [4.69, 9.17) is 0 Å². The van der Waals surface area contributed by atoms with Crippen LogP contribution in [0.5, 0.6) is 0 Å². The largest absolute Gasteiger partial charge is 0.336 e. The molecule has 4 heteroatoms. The molecule has 0 fully saturated rings. The molecule has 1 aliphatic carbocycles. The number of allylic oxidation sites excluding steroid dienone is 2. The van der Waals surface area contributed by atoms with Gasteiger partial charge in [-0.2, -0.15) is 0 Å². The molecule has 1 heterocycles. The number of rotatable bonds is 6. The number of amides is 1. The molecule has 0 saturated heterocycles. The van der Waals surface area contributed by atoms with Gasteiger partial charge in [0.15, 0.2) is 0 Å². The molecule has 0 aromatic carbocycles. The Morgan fingerprint density at radius 1 is 1.33 bits per heavy atom. The molecule has 0 bridgehead atoms. The van der Waals surface area contributed by atoms with Gasteiger partial charge in [0.05, 0.1) is 6.54 Å². The van der Waals surface area contributed by atoms with Crippen molar-refractivity contribution in [1.29, 1.82) is 0 Å². The van der Waals surface area contributed by atoms with Crippen LogP contribution in [0.4, 0.5) is 0 Å². The van der Waals surface area contributed by atoms with Gasteiger partial charge >= 0.3 is 0 Å². The summed E-state index contributed by atoms with van der Waals surface area (Å²) in [6.07, 6.45) is 7.29. The van der Waals surface area contributed by atoms with E-state index in [0.717, 1.165) is 38.9 Å². The molecule has 3 nitrogen and oxygen atoms in total. The Balaban J connectivity index is 2.05. The van der Waals surface area contributed by atoms with Crippen LogP contribution in [0.15, 0.2) is 23.6 Å². The Labute approximate surface area is 132 Å². The molecule has 1 aromatic heterocycles. The first-order valence-corrected chi connectivity index (χ1v) is 8.57. The van der Waals surface area contributed by atoms with Crippen LogP contribution < -0.4 is 0 Å². The predicted molar refractivity (Wildman–Crippen MR) is 89.5 cm³/mol. The normalized spacial score (nSPS) is 18.2. The molecule has 1 amide bonds. The van der Waals surface area contributed by atoms with Gasteiger partial charge in [-0.1, -0.05) is 12.2 Å². The number of carbonyl (C=O) groups is 1. The standard InChI is InChI=1S/C17H26N2OS/c1-14-9-12-21-16(14)13-19(11-10-18(2)3)17(20)15-7-5-4-6-8-15/h4-5,9,12,15H,6-8,10-11,13H2,1-3H3. The summed E-state index contributed by atoms with van der Waals surface area (Å²) in [6, 6.07) is 2.14. The minimum Gasteiger partial charge on any atom is -0.336 e. The van der Waals surface area contributed by atoms with E-state index in [1.807, 2.05) is 0 Å². The Kier molecular flexibility index (Phi) is 6.00. The Bertz CT molecular complexity index is 493. The Morgan fingerprint density at radius 3 is 2.71 bits per heavy atom. The second kappa shape index (κ2) is 7.76. The summed E-state index contributed by atoms with van der Waals surface area (Å²) in [5, 5.41) is 2.11. The van der Waals surface area contributed by atoms with E-state index >= 15 is 0 Å².